The van der Waals surface area contributed by atoms with Crippen molar-refractivity contribution in [3.63, 3.8) is 0 Å². The van der Waals surface area contributed by atoms with Crippen molar-refractivity contribution in [2.24, 2.45) is 0 Å². The Hall–Kier alpha value is -2.27. The molecule has 1 aliphatic rings. The Labute approximate surface area is 129 Å². The van der Waals surface area contributed by atoms with Gasteiger partial charge in [-0.2, -0.15) is 0 Å². The molecule has 0 saturated heterocycles. The maximum atomic E-state index is 10.1. The summed E-state index contributed by atoms with van der Waals surface area (Å²) in [4.78, 5) is 4.54. The molecule has 0 atom stereocenters. The van der Waals surface area contributed by atoms with Crippen molar-refractivity contribution in [1.82, 2.24) is 4.98 Å². The fraction of sp³-hybridized carbons (Fsp3) is 0.353. The predicted molar refractivity (Wildman–Crippen MR) is 81.5 cm³/mol. The first-order chi connectivity index (χ1) is 10.6. The van der Waals surface area contributed by atoms with Crippen LogP contribution in [0.4, 0.5) is 0 Å². The van der Waals surface area contributed by atoms with Crippen LogP contribution < -0.4 is 9.47 Å². The Morgan fingerprint density at radius 3 is 2.59 bits per heavy atom. The Bertz CT molecular complexity index is 712. The quantitative estimate of drug-likeness (QED) is 0.941. The zero-order chi connectivity index (χ0) is 15.7. The van der Waals surface area contributed by atoms with Crippen LogP contribution in [-0.4, -0.2) is 24.3 Å². The molecule has 22 heavy (non-hydrogen) atoms. The molecule has 1 N–H and O–H groups in total. The van der Waals surface area contributed by atoms with Crippen LogP contribution in [0.5, 0.6) is 17.2 Å². The van der Waals surface area contributed by atoms with Crippen LogP contribution in [0.1, 0.15) is 28.1 Å². The molecule has 2 heterocycles. The number of nitrogens with zero attached hydrogens (tertiary/aromatic N) is 1. The van der Waals surface area contributed by atoms with E-state index in [4.69, 9.17) is 14.2 Å². The Morgan fingerprint density at radius 2 is 1.86 bits per heavy atom. The van der Waals surface area contributed by atoms with Gasteiger partial charge in [0.05, 0.1) is 38.8 Å². The molecule has 0 radical (unpaired) electrons. The van der Waals surface area contributed by atoms with E-state index in [1.807, 2.05) is 25.1 Å². The van der Waals surface area contributed by atoms with Gasteiger partial charge in [-0.05, 0) is 24.6 Å². The normalized spacial score (nSPS) is 13.0. The van der Waals surface area contributed by atoms with Gasteiger partial charge in [0.25, 0.3) is 0 Å². The molecular weight excluding hydrogens is 282 g/mol. The van der Waals surface area contributed by atoms with Gasteiger partial charge in [-0.3, -0.25) is 4.98 Å². The third-order valence-electron chi connectivity index (χ3n) is 3.96. The Balaban J connectivity index is 1.97. The van der Waals surface area contributed by atoms with Gasteiger partial charge < -0.3 is 19.3 Å². The molecule has 0 unspecified atom stereocenters. The van der Waals surface area contributed by atoms with Crippen molar-refractivity contribution in [3.8, 4) is 17.2 Å². The molecule has 1 aromatic heterocycles. The van der Waals surface area contributed by atoms with Crippen LogP contribution in [0.2, 0.25) is 0 Å². The topological polar surface area (TPSA) is 60.8 Å². The summed E-state index contributed by atoms with van der Waals surface area (Å²) in [7, 11) is 3.24. The van der Waals surface area contributed by atoms with Gasteiger partial charge in [-0.25, -0.2) is 0 Å². The molecule has 0 spiro atoms. The smallest absolute Gasteiger partial charge is 0.160 e. The van der Waals surface area contributed by atoms with Crippen molar-refractivity contribution < 1.29 is 19.3 Å². The third kappa shape index (κ3) is 2.48. The molecule has 0 amide bonds. The standard InChI is InChI=1S/C17H19NO4/c1-10-17(19)13-9-22-8-12(13)14(18-10)6-11-4-5-15(20-2)16(7-11)21-3/h4-5,7,19H,6,8-9H2,1-3H3. The summed E-state index contributed by atoms with van der Waals surface area (Å²) in [6, 6.07) is 5.83. The number of rotatable bonds is 4. The molecule has 3 rings (SSSR count). The van der Waals surface area contributed by atoms with Gasteiger partial charge >= 0.3 is 0 Å². The van der Waals surface area contributed by atoms with Gasteiger partial charge in [-0.15, -0.1) is 0 Å². The minimum Gasteiger partial charge on any atom is -0.506 e. The van der Waals surface area contributed by atoms with Gasteiger partial charge in [-0.1, -0.05) is 6.07 Å². The second kappa shape index (κ2) is 5.85. The second-order valence-electron chi connectivity index (χ2n) is 5.31. The van der Waals surface area contributed by atoms with E-state index >= 15 is 0 Å². The molecule has 0 fully saturated rings. The number of hydrogen-bond acceptors (Lipinski definition) is 5. The number of methoxy groups -OCH3 is 2. The summed E-state index contributed by atoms with van der Waals surface area (Å²) in [5.74, 6) is 1.65. The summed E-state index contributed by atoms with van der Waals surface area (Å²) in [5.41, 5.74) is 4.51. The zero-order valence-electron chi connectivity index (χ0n) is 13.0. The first-order valence-electron chi connectivity index (χ1n) is 7.13. The predicted octanol–water partition coefficient (Wildman–Crippen LogP) is 2.73. The van der Waals surface area contributed by atoms with E-state index in [0.29, 0.717) is 36.8 Å². The third-order valence-corrected chi connectivity index (χ3v) is 3.96. The average Bonchev–Trinajstić information content (AvgIpc) is 3.02. The van der Waals surface area contributed by atoms with E-state index in [0.717, 1.165) is 22.4 Å². The van der Waals surface area contributed by atoms with E-state index in [1.54, 1.807) is 14.2 Å². The van der Waals surface area contributed by atoms with Crippen molar-refractivity contribution in [2.75, 3.05) is 14.2 Å². The van der Waals surface area contributed by atoms with Crippen LogP contribution in [0.15, 0.2) is 18.2 Å². The van der Waals surface area contributed by atoms with Crippen molar-refractivity contribution >= 4 is 0 Å². The largest absolute Gasteiger partial charge is 0.506 e. The highest BCUT2D eigenvalue weighted by Crippen LogP contribution is 2.34. The summed E-state index contributed by atoms with van der Waals surface area (Å²) >= 11 is 0. The lowest BCUT2D eigenvalue weighted by atomic mass is 10.0. The molecule has 116 valence electrons. The van der Waals surface area contributed by atoms with Crippen LogP contribution >= 0.6 is 0 Å². The number of aryl methyl sites for hydroxylation is 1. The molecule has 5 nitrogen and oxygen atoms in total. The summed E-state index contributed by atoms with van der Waals surface area (Å²) < 4.78 is 16.1. The van der Waals surface area contributed by atoms with E-state index in [2.05, 4.69) is 4.98 Å². The molecule has 0 bridgehead atoms. The highest BCUT2D eigenvalue weighted by Gasteiger charge is 2.22. The zero-order valence-corrected chi connectivity index (χ0v) is 13.0. The van der Waals surface area contributed by atoms with Crippen LogP contribution in [0, 0.1) is 6.92 Å². The number of aromatic hydroxyl groups is 1. The van der Waals surface area contributed by atoms with Gasteiger partial charge in [0.15, 0.2) is 11.5 Å². The molecule has 1 aliphatic heterocycles. The highest BCUT2D eigenvalue weighted by molar-refractivity contribution is 5.48. The van der Waals surface area contributed by atoms with Crippen LogP contribution in [-0.2, 0) is 24.4 Å². The maximum absolute atomic E-state index is 10.1. The first-order valence-corrected chi connectivity index (χ1v) is 7.13. The van der Waals surface area contributed by atoms with Gasteiger partial charge in [0, 0.05) is 17.5 Å². The fourth-order valence-corrected chi connectivity index (χ4v) is 2.77. The maximum Gasteiger partial charge on any atom is 0.160 e. The minimum absolute atomic E-state index is 0.253. The summed E-state index contributed by atoms with van der Waals surface area (Å²) in [6.07, 6.45) is 0.660. The summed E-state index contributed by atoms with van der Waals surface area (Å²) in [6.45, 7) is 2.76. The molecule has 1 aromatic carbocycles. The highest BCUT2D eigenvalue weighted by atomic mass is 16.5. The number of fused-ring (bicyclic) bond motifs is 1. The Morgan fingerprint density at radius 1 is 1.14 bits per heavy atom. The second-order valence-corrected chi connectivity index (χ2v) is 5.31. The number of hydrogen-bond donors (Lipinski definition) is 1. The van der Waals surface area contributed by atoms with Crippen molar-refractivity contribution in [3.05, 3.63) is 46.3 Å². The lowest BCUT2D eigenvalue weighted by Crippen LogP contribution is -2.02. The molecule has 0 saturated carbocycles. The van der Waals surface area contributed by atoms with E-state index in [-0.39, 0.29) is 5.75 Å². The number of benzene rings is 1. The van der Waals surface area contributed by atoms with E-state index < -0.39 is 0 Å². The van der Waals surface area contributed by atoms with E-state index in [1.165, 1.54) is 0 Å². The SMILES string of the molecule is COc1ccc(Cc2nc(C)c(O)c3c2COC3)cc1OC. The summed E-state index contributed by atoms with van der Waals surface area (Å²) in [5, 5.41) is 10.1. The molecule has 2 aromatic rings. The fourth-order valence-electron chi connectivity index (χ4n) is 2.77. The number of aromatic nitrogens is 1. The number of pyridine rings is 1. The average molecular weight is 301 g/mol. The molecule has 0 aliphatic carbocycles. The van der Waals surface area contributed by atoms with Crippen LogP contribution in [0.3, 0.4) is 0 Å². The molecule has 5 heteroatoms. The van der Waals surface area contributed by atoms with Crippen molar-refractivity contribution in [2.45, 2.75) is 26.6 Å². The van der Waals surface area contributed by atoms with Crippen molar-refractivity contribution in [1.29, 1.82) is 0 Å². The molecular formula is C17H19NO4. The Kier molecular flexibility index (Phi) is 3.90. The monoisotopic (exact) mass is 301 g/mol. The van der Waals surface area contributed by atoms with E-state index in [9.17, 15) is 5.11 Å². The number of ether oxygens (including phenoxy) is 3. The first kappa shape index (κ1) is 14.7. The lowest BCUT2D eigenvalue weighted by Gasteiger charge is -2.12. The minimum atomic E-state index is 0.253. The van der Waals surface area contributed by atoms with Gasteiger partial charge in [0.2, 0.25) is 0 Å². The lowest BCUT2D eigenvalue weighted by molar-refractivity contribution is 0.133. The van der Waals surface area contributed by atoms with Crippen LogP contribution in [0.25, 0.3) is 0 Å². The van der Waals surface area contributed by atoms with Gasteiger partial charge in [0.1, 0.15) is 5.75 Å².